The van der Waals surface area contributed by atoms with Crippen molar-refractivity contribution in [3.8, 4) is 0 Å². The smallest absolute Gasteiger partial charge is 0.251 e. The molecule has 0 atom stereocenters. The molecule has 5 heteroatoms. The molecule has 2 N–H and O–H groups in total. The number of hydrogen-bond donors (Lipinski definition) is 2. The third kappa shape index (κ3) is 3.36. The lowest BCUT2D eigenvalue weighted by Crippen LogP contribution is -2.28. The molecule has 1 saturated heterocycles. The number of piperidine rings is 1. The predicted molar refractivity (Wildman–Crippen MR) is 78.9 cm³/mol. The lowest BCUT2D eigenvalue weighted by molar-refractivity contribution is 0.451. The first-order valence-electron chi connectivity index (χ1n) is 7.26. The molecule has 2 heterocycles. The highest BCUT2D eigenvalue weighted by Gasteiger charge is 2.18. The van der Waals surface area contributed by atoms with E-state index in [0.717, 1.165) is 31.6 Å². The van der Waals surface area contributed by atoms with Crippen LogP contribution in [0.1, 0.15) is 35.8 Å². The van der Waals surface area contributed by atoms with Gasteiger partial charge in [-0.3, -0.25) is 4.79 Å². The average molecular weight is 287 g/mol. The summed E-state index contributed by atoms with van der Waals surface area (Å²) in [6.07, 6.45) is 2.27. The largest absolute Gasteiger partial charge is 0.317 e. The molecular formula is C16H18FN3O. The standard InChI is InChI=1S/C16H18FN3O/c17-13-4-2-1-3-12(13)9-15-19-14(10-16(21)20-15)11-5-7-18-8-6-11/h1-4,10-11,18H,5-9H2,(H,19,20,21). The van der Waals surface area contributed by atoms with Gasteiger partial charge in [-0.1, -0.05) is 18.2 Å². The van der Waals surface area contributed by atoms with Crippen molar-refractivity contribution in [3.05, 3.63) is 63.6 Å². The van der Waals surface area contributed by atoms with Gasteiger partial charge < -0.3 is 10.3 Å². The Morgan fingerprint density at radius 3 is 2.76 bits per heavy atom. The second-order valence-corrected chi connectivity index (χ2v) is 5.41. The second kappa shape index (κ2) is 6.18. The van der Waals surface area contributed by atoms with Gasteiger partial charge in [0.05, 0.1) is 5.69 Å². The number of nitrogens with one attached hydrogen (secondary N) is 2. The van der Waals surface area contributed by atoms with Gasteiger partial charge in [0.2, 0.25) is 0 Å². The van der Waals surface area contributed by atoms with E-state index in [2.05, 4.69) is 15.3 Å². The van der Waals surface area contributed by atoms with Crippen LogP contribution >= 0.6 is 0 Å². The summed E-state index contributed by atoms with van der Waals surface area (Å²) in [6.45, 7) is 1.89. The maximum absolute atomic E-state index is 13.7. The van der Waals surface area contributed by atoms with Crippen LogP contribution in [0.5, 0.6) is 0 Å². The SMILES string of the molecule is O=c1cc(C2CCNCC2)nc(Cc2ccccc2F)[nH]1. The minimum Gasteiger partial charge on any atom is -0.317 e. The number of benzene rings is 1. The lowest BCUT2D eigenvalue weighted by atomic mass is 9.94. The maximum atomic E-state index is 13.7. The highest BCUT2D eigenvalue weighted by atomic mass is 19.1. The number of rotatable bonds is 3. The van der Waals surface area contributed by atoms with Crippen LogP contribution in [-0.2, 0) is 6.42 Å². The number of aromatic nitrogens is 2. The third-order valence-electron chi connectivity index (χ3n) is 3.88. The Balaban J connectivity index is 1.87. The van der Waals surface area contributed by atoms with Crippen LogP contribution in [0.15, 0.2) is 35.1 Å². The molecular weight excluding hydrogens is 269 g/mol. The molecule has 110 valence electrons. The van der Waals surface area contributed by atoms with Gasteiger partial charge in [-0.15, -0.1) is 0 Å². The Kier molecular flexibility index (Phi) is 4.10. The third-order valence-corrected chi connectivity index (χ3v) is 3.88. The van der Waals surface area contributed by atoms with Crippen molar-refractivity contribution < 1.29 is 4.39 Å². The summed E-state index contributed by atoms with van der Waals surface area (Å²) < 4.78 is 13.7. The molecule has 1 aliphatic heterocycles. The van der Waals surface area contributed by atoms with Crippen molar-refractivity contribution in [2.24, 2.45) is 0 Å². The zero-order chi connectivity index (χ0) is 14.7. The van der Waals surface area contributed by atoms with Gasteiger partial charge in [-0.25, -0.2) is 9.37 Å². The first kappa shape index (κ1) is 13.9. The molecule has 3 rings (SSSR count). The number of aromatic amines is 1. The van der Waals surface area contributed by atoms with Gasteiger partial charge >= 0.3 is 0 Å². The maximum Gasteiger partial charge on any atom is 0.251 e. The van der Waals surface area contributed by atoms with E-state index >= 15 is 0 Å². The Morgan fingerprint density at radius 1 is 1.24 bits per heavy atom. The summed E-state index contributed by atoms with van der Waals surface area (Å²) in [6, 6.07) is 8.14. The summed E-state index contributed by atoms with van der Waals surface area (Å²) in [5.41, 5.74) is 1.21. The molecule has 1 aromatic carbocycles. The van der Waals surface area contributed by atoms with Crippen LogP contribution in [0.4, 0.5) is 4.39 Å². The van der Waals surface area contributed by atoms with E-state index in [0.29, 0.717) is 23.7 Å². The summed E-state index contributed by atoms with van der Waals surface area (Å²) in [4.78, 5) is 19.1. The minimum absolute atomic E-state index is 0.162. The van der Waals surface area contributed by atoms with E-state index in [4.69, 9.17) is 0 Å². The van der Waals surface area contributed by atoms with E-state index in [1.165, 1.54) is 6.07 Å². The molecule has 0 bridgehead atoms. The molecule has 0 spiro atoms. The number of halogens is 1. The van der Waals surface area contributed by atoms with Crippen LogP contribution in [-0.4, -0.2) is 23.1 Å². The molecule has 4 nitrogen and oxygen atoms in total. The van der Waals surface area contributed by atoms with Crippen molar-refractivity contribution in [1.82, 2.24) is 15.3 Å². The summed E-state index contributed by atoms with van der Waals surface area (Å²) in [7, 11) is 0. The molecule has 0 amide bonds. The molecule has 21 heavy (non-hydrogen) atoms. The topological polar surface area (TPSA) is 57.8 Å². The number of hydrogen-bond acceptors (Lipinski definition) is 3. The fourth-order valence-electron chi connectivity index (χ4n) is 2.76. The predicted octanol–water partition coefficient (Wildman–Crippen LogP) is 1.97. The van der Waals surface area contributed by atoms with Crippen molar-refractivity contribution in [1.29, 1.82) is 0 Å². The van der Waals surface area contributed by atoms with Crippen LogP contribution in [0.3, 0.4) is 0 Å². The summed E-state index contributed by atoms with van der Waals surface area (Å²) in [5.74, 6) is 0.571. The molecule has 1 aromatic heterocycles. The van der Waals surface area contributed by atoms with Crippen LogP contribution in [0.25, 0.3) is 0 Å². The fourth-order valence-corrected chi connectivity index (χ4v) is 2.76. The number of nitrogens with zero attached hydrogens (tertiary/aromatic N) is 1. The van der Waals surface area contributed by atoms with Gasteiger partial charge in [0, 0.05) is 18.4 Å². The van der Waals surface area contributed by atoms with Crippen LogP contribution in [0.2, 0.25) is 0 Å². The highest BCUT2D eigenvalue weighted by molar-refractivity contribution is 5.22. The van der Waals surface area contributed by atoms with E-state index in [-0.39, 0.29) is 11.4 Å². The van der Waals surface area contributed by atoms with Crippen LogP contribution < -0.4 is 10.9 Å². The molecule has 0 unspecified atom stereocenters. The monoisotopic (exact) mass is 287 g/mol. The van der Waals surface area contributed by atoms with Crippen molar-refractivity contribution in [2.75, 3.05) is 13.1 Å². The summed E-state index contributed by atoms with van der Waals surface area (Å²) in [5, 5.41) is 3.30. The Bertz CT molecular complexity index is 677. The first-order chi connectivity index (χ1) is 10.2. The van der Waals surface area contributed by atoms with E-state index in [1.54, 1.807) is 24.3 Å². The van der Waals surface area contributed by atoms with E-state index < -0.39 is 0 Å². The second-order valence-electron chi connectivity index (χ2n) is 5.41. The number of H-pyrrole nitrogens is 1. The first-order valence-corrected chi connectivity index (χ1v) is 7.26. The Labute approximate surface area is 122 Å². The molecule has 1 aliphatic rings. The van der Waals surface area contributed by atoms with Crippen LogP contribution in [0, 0.1) is 5.82 Å². The molecule has 0 radical (unpaired) electrons. The average Bonchev–Trinajstić information content (AvgIpc) is 2.50. The van der Waals surface area contributed by atoms with Gasteiger partial charge in [-0.2, -0.15) is 0 Å². The van der Waals surface area contributed by atoms with Gasteiger partial charge in [0.15, 0.2) is 0 Å². The minimum atomic E-state index is -0.271. The quantitative estimate of drug-likeness (QED) is 0.907. The molecule has 2 aromatic rings. The fraction of sp³-hybridized carbons (Fsp3) is 0.375. The molecule has 0 saturated carbocycles. The van der Waals surface area contributed by atoms with Crippen molar-refractivity contribution in [2.45, 2.75) is 25.2 Å². The van der Waals surface area contributed by atoms with Gasteiger partial charge in [-0.05, 0) is 37.6 Å². The summed E-state index contributed by atoms with van der Waals surface area (Å²) >= 11 is 0. The van der Waals surface area contributed by atoms with E-state index in [1.807, 2.05) is 0 Å². The lowest BCUT2D eigenvalue weighted by Gasteiger charge is -2.22. The van der Waals surface area contributed by atoms with Gasteiger partial charge in [0.25, 0.3) is 5.56 Å². The van der Waals surface area contributed by atoms with E-state index in [9.17, 15) is 9.18 Å². The molecule has 1 fully saturated rings. The zero-order valence-electron chi connectivity index (χ0n) is 11.7. The highest BCUT2D eigenvalue weighted by Crippen LogP contribution is 2.22. The Hall–Kier alpha value is -2.01. The van der Waals surface area contributed by atoms with Crippen molar-refractivity contribution in [3.63, 3.8) is 0 Å². The zero-order valence-corrected chi connectivity index (χ0v) is 11.7. The molecule has 0 aliphatic carbocycles. The normalized spacial score (nSPS) is 16.0. The van der Waals surface area contributed by atoms with Gasteiger partial charge in [0.1, 0.15) is 11.6 Å². The van der Waals surface area contributed by atoms with Crippen molar-refractivity contribution >= 4 is 0 Å². The Morgan fingerprint density at radius 2 is 2.00 bits per heavy atom.